The zero-order chi connectivity index (χ0) is 17.1. The summed E-state index contributed by atoms with van der Waals surface area (Å²) in [5, 5.41) is 29.8. The van der Waals surface area contributed by atoms with Gasteiger partial charge in [-0.1, -0.05) is 20.8 Å². The molecule has 1 saturated heterocycles. The van der Waals surface area contributed by atoms with Gasteiger partial charge >= 0.3 is 5.97 Å². The lowest BCUT2D eigenvalue weighted by Gasteiger charge is -2.34. The molecule has 3 atom stereocenters. The summed E-state index contributed by atoms with van der Waals surface area (Å²) in [5.74, 6) is -2.36. The highest BCUT2D eigenvalue weighted by Crippen LogP contribution is 2.26. The van der Waals surface area contributed by atoms with Crippen LogP contribution in [0.3, 0.4) is 0 Å². The molecule has 1 aliphatic heterocycles. The summed E-state index contributed by atoms with van der Waals surface area (Å²) in [4.78, 5) is 36.6. The lowest BCUT2D eigenvalue weighted by atomic mass is 9.85. The molecule has 0 aromatic rings. The van der Waals surface area contributed by atoms with Gasteiger partial charge in [0.05, 0.1) is 12.2 Å². The number of nitriles is 1. The van der Waals surface area contributed by atoms with Crippen LogP contribution in [-0.2, 0) is 14.4 Å². The number of β-amino-alcohol motifs (C(OH)–C–C–N with tert-alkyl or cyclic N) is 1. The van der Waals surface area contributed by atoms with Crippen molar-refractivity contribution in [3.05, 3.63) is 0 Å². The minimum atomic E-state index is -1.19. The van der Waals surface area contributed by atoms with Crippen molar-refractivity contribution in [2.75, 3.05) is 6.54 Å². The number of carboxylic acid groups (broad SMARTS) is 1. The number of aliphatic hydroxyl groups is 1. The van der Waals surface area contributed by atoms with Crippen molar-refractivity contribution in [2.24, 2.45) is 5.41 Å². The van der Waals surface area contributed by atoms with Crippen molar-refractivity contribution in [1.29, 1.82) is 5.26 Å². The first-order chi connectivity index (χ1) is 10.1. The molecule has 0 bridgehead atoms. The van der Waals surface area contributed by atoms with Gasteiger partial charge in [0.1, 0.15) is 18.5 Å². The van der Waals surface area contributed by atoms with E-state index in [1.165, 1.54) is 0 Å². The Morgan fingerprint density at radius 2 is 2.00 bits per heavy atom. The lowest BCUT2D eigenvalue weighted by molar-refractivity contribution is -0.150. The standard InChI is InChI=1S/C14H21N3O5/c1-14(2,3)11(16-10(19)4-5-15)12(20)17-7-8(18)6-9(17)13(21)22/h8-9,11,18H,4,6-7H2,1-3H3,(H,16,19)(H,21,22)/t8-,9+,11-/m1/s1. The van der Waals surface area contributed by atoms with Crippen LogP contribution >= 0.6 is 0 Å². The Bertz CT molecular complexity index is 506. The predicted molar refractivity (Wildman–Crippen MR) is 75.4 cm³/mol. The van der Waals surface area contributed by atoms with E-state index in [4.69, 9.17) is 10.4 Å². The van der Waals surface area contributed by atoms with E-state index in [1.807, 2.05) is 0 Å². The largest absolute Gasteiger partial charge is 0.480 e. The minimum Gasteiger partial charge on any atom is -0.480 e. The van der Waals surface area contributed by atoms with Gasteiger partial charge in [0.15, 0.2) is 0 Å². The van der Waals surface area contributed by atoms with Gasteiger partial charge in [-0.2, -0.15) is 5.26 Å². The molecular formula is C14H21N3O5. The molecule has 2 amide bonds. The number of carboxylic acids is 1. The topological polar surface area (TPSA) is 131 Å². The number of hydrogen-bond donors (Lipinski definition) is 3. The molecule has 0 radical (unpaired) electrons. The van der Waals surface area contributed by atoms with E-state index in [1.54, 1.807) is 26.8 Å². The Morgan fingerprint density at radius 3 is 2.45 bits per heavy atom. The molecule has 0 saturated carbocycles. The third-order valence-corrected chi connectivity index (χ3v) is 3.51. The molecule has 22 heavy (non-hydrogen) atoms. The average molecular weight is 311 g/mol. The second-order valence-corrected chi connectivity index (χ2v) is 6.44. The molecule has 0 unspecified atom stereocenters. The van der Waals surface area contributed by atoms with Gasteiger partial charge in [-0.15, -0.1) is 0 Å². The molecule has 122 valence electrons. The number of carbonyl (C=O) groups is 3. The molecule has 0 aromatic carbocycles. The van der Waals surface area contributed by atoms with Gasteiger partial charge < -0.3 is 20.4 Å². The maximum Gasteiger partial charge on any atom is 0.326 e. The van der Waals surface area contributed by atoms with Crippen LogP contribution in [0.4, 0.5) is 0 Å². The van der Waals surface area contributed by atoms with E-state index < -0.39 is 41.4 Å². The molecule has 0 aromatic heterocycles. The number of likely N-dealkylation sites (tertiary alicyclic amines) is 1. The van der Waals surface area contributed by atoms with E-state index >= 15 is 0 Å². The van der Waals surface area contributed by atoms with Crippen LogP contribution in [0.2, 0.25) is 0 Å². The Labute approximate surface area is 128 Å². The van der Waals surface area contributed by atoms with Crippen molar-refractivity contribution in [1.82, 2.24) is 10.2 Å². The zero-order valence-electron chi connectivity index (χ0n) is 12.9. The van der Waals surface area contributed by atoms with Gasteiger partial charge in [0.25, 0.3) is 0 Å². The van der Waals surface area contributed by atoms with Crippen molar-refractivity contribution in [2.45, 2.75) is 51.8 Å². The number of aliphatic carboxylic acids is 1. The van der Waals surface area contributed by atoms with Gasteiger partial charge in [-0.25, -0.2) is 4.79 Å². The van der Waals surface area contributed by atoms with Crippen LogP contribution < -0.4 is 5.32 Å². The molecule has 0 spiro atoms. The first-order valence-corrected chi connectivity index (χ1v) is 6.95. The van der Waals surface area contributed by atoms with Crippen LogP contribution in [0.15, 0.2) is 0 Å². The third kappa shape index (κ3) is 4.18. The summed E-state index contributed by atoms with van der Waals surface area (Å²) in [6, 6.07) is -0.387. The molecule has 0 aliphatic carbocycles. The average Bonchev–Trinajstić information content (AvgIpc) is 2.76. The van der Waals surface area contributed by atoms with Crippen molar-refractivity contribution in [3.8, 4) is 6.07 Å². The van der Waals surface area contributed by atoms with Crippen molar-refractivity contribution in [3.63, 3.8) is 0 Å². The molecule has 1 fully saturated rings. The number of nitrogens with one attached hydrogen (secondary N) is 1. The number of nitrogens with zero attached hydrogens (tertiary/aromatic N) is 2. The maximum atomic E-state index is 12.6. The summed E-state index contributed by atoms with van der Waals surface area (Å²) in [5.41, 5.74) is -0.668. The molecule has 3 N–H and O–H groups in total. The van der Waals surface area contributed by atoms with Gasteiger partial charge in [-0.3, -0.25) is 9.59 Å². The number of rotatable bonds is 4. The second-order valence-electron chi connectivity index (χ2n) is 6.44. The summed E-state index contributed by atoms with van der Waals surface area (Å²) < 4.78 is 0. The summed E-state index contributed by atoms with van der Waals surface area (Å²) in [6.45, 7) is 5.09. The number of hydrogen-bond acceptors (Lipinski definition) is 5. The van der Waals surface area contributed by atoms with Gasteiger partial charge in [0, 0.05) is 13.0 Å². The molecular weight excluding hydrogens is 290 g/mol. The fourth-order valence-corrected chi connectivity index (χ4v) is 2.39. The molecule has 1 heterocycles. The van der Waals surface area contributed by atoms with Crippen LogP contribution in [0.25, 0.3) is 0 Å². The second kappa shape index (κ2) is 6.75. The highest BCUT2D eigenvalue weighted by Gasteiger charge is 2.44. The van der Waals surface area contributed by atoms with Gasteiger partial charge in [0.2, 0.25) is 11.8 Å². The first kappa shape index (κ1) is 17.9. The third-order valence-electron chi connectivity index (χ3n) is 3.51. The summed E-state index contributed by atoms with van der Waals surface area (Å²) >= 11 is 0. The van der Waals surface area contributed by atoms with Crippen molar-refractivity contribution >= 4 is 17.8 Å². The Kier molecular flexibility index (Phi) is 5.49. The predicted octanol–water partition coefficient (Wildman–Crippen LogP) is -0.523. The number of aliphatic hydroxyl groups excluding tert-OH is 1. The van der Waals surface area contributed by atoms with Crippen LogP contribution in [0.1, 0.15) is 33.6 Å². The Balaban J connectivity index is 2.99. The lowest BCUT2D eigenvalue weighted by Crippen LogP contribution is -2.56. The maximum absolute atomic E-state index is 12.6. The fourth-order valence-electron chi connectivity index (χ4n) is 2.39. The molecule has 1 aliphatic rings. The highest BCUT2D eigenvalue weighted by atomic mass is 16.4. The monoisotopic (exact) mass is 311 g/mol. The van der Waals surface area contributed by atoms with E-state index in [-0.39, 0.29) is 19.4 Å². The highest BCUT2D eigenvalue weighted by molar-refractivity contribution is 5.91. The van der Waals surface area contributed by atoms with Gasteiger partial charge in [-0.05, 0) is 5.41 Å². The van der Waals surface area contributed by atoms with Crippen LogP contribution in [0, 0.1) is 16.7 Å². The smallest absolute Gasteiger partial charge is 0.326 e. The summed E-state index contributed by atoms with van der Waals surface area (Å²) in [7, 11) is 0. The summed E-state index contributed by atoms with van der Waals surface area (Å²) in [6.07, 6.45) is -1.32. The van der Waals surface area contributed by atoms with E-state index in [9.17, 15) is 19.5 Å². The normalized spacial score (nSPS) is 22.8. The fraction of sp³-hybridized carbons (Fsp3) is 0.714. The first-order valence-electron chi connectivity index (χ1n) is 6.95. The number of carbonyl (C=O) groups excluding carboxylic acids is 2. The Morgan fingerprint density at radius 1 is 1.41 bits per heavy atom. The van der Waals surface area contributed by atoms with Crippen LogP contribution in [0.5, 0.6) is 0 Å². The quantitative estimate of drug-likeness (QED) is 0.640. The SMILES string of the molecule is CC(C)(C)[C@H](NC(=O)CC#N)C(=O)N1C[C@H](O)C[C@H]1C(=O)O. The Hall–Kier alpha value is -2.14. The van der Waals surface area contributed by atoms with E-state index in [2.05, 4.69) is 5.32 Å². The van der Waals surface area contributed by atoms with Crippen LogP contribution in [-0.4, -0.2) is 57.6 Å². The molecule has 8 nitrogen and oxygen atoms in total. The molecule has 8 heteroatoms. The van der Waals surface area contributed by atoms with E-state index in [0.717, 1.165) is 4.90 Å². The molecule has 1 rings (SSSR count). The van der Waals surface area contributed by atoms with Crippen molar-refractivity contribution < 1.29 is 24.6 Å². The number of amides is 2. The van der Waals surface area contributed by atoms with E-state index in [0.29, 0.717) is 0 Å². The zero-order valence-corrected chi connectivity index (χ0v) is 12.9. The minimum absolute atomic E-state index is 0.0376.